The highest BCUT2D eigenvalue weighted by molar-refractivity contribution is 7.99. The fourth-order valence-corrected chi connectivity index (χ4v) is 5.16. The first-order valence-electron chi connectivity index (χ1n) is 8.27. The van der Waals surface area contributed by atoms with Crippen molar-refractivity contribution in [2.45, 2.75) is 50.5 Å². The van der Waals surface area contributed by atoms with Crippen LogP contribution in [0, 0.1) is 17.8 Å². The smallest absolute Gasteiger partial charge is 0.0205 e. The van der Waals surface area contributed by atoms with E-state index in [1.807, 2.05) is 0 Å². The van der Waals surface area contributed by atoms with Crippen LogP contribution in [0.15, 0.2) is 29.2 Å². The monoisotopic (exact) mass is 289 g/mol. The third kappa shape index (κ3) is 3.59. The summed E-state index contributed by atoms with van der Waals surface area (Å²) in [5.74, 6) is 4.48. The largest absolute Gasteiger partial charge is 0.313 e. The van der Waals surface area contributed by atoms with Gasteiger partial charge in [-0.25, -0.2) is 0 Å². The third-order valence-corrected chi connectivity index (χ3v) is 6.19. The Morgan fingerprint density at radius 2 is 2.20 bits per heavy atom. The van der Waals surface area contributed by atoms with Gasteiger partial charge in [0.2, 0.25) is 0 Å². The lowest BCUT2D eigenvalue weighted by Gasteiger charge is -2.21. The van der Waals surface area contributed by atoms with Gasteiger partial charge in [0.15, 0.2) is 0 Å². The fraction of sp³-hybridized carbons (Fsp3) is 0.667. The van der Waals surface area contributed by atoms with Crippen molar-refractivity contribution in [2.75, 3.05) is 12.3 Å². The van der Waals surface area contributed by atoms with Gasteiger partial charge in [-0.2, -0.15) is 0 Å². The summed E-state index contributed by atoms with van der Waals surface area (Å²) in [5.41, 5.74) is 1.43. The second kappa shape index (κ2) is 7.00. The number of benzene rings is 1. The van der Waals surface area contributed by atoms with Gasteiger partial charge >= 0.3 is 0 Å². The van der Waals surface area contributed by atoms with Gasteiger partial charge in [-0.3, -0.25) is 0 Å². The number of hydrogen-bond donors (Lipinski definition) is 1. The van der Waals surface area contributed by atoms with E-state index in [1.54, 1.807) is 0 Å². The number of rotatable bonds is 7. The Kier molecular flexibility index (Phi) is 5.06. The Morgan fingerprint density at radius 1 is 1.25 bits per heavy atom. The van der Waals surface area contributed by atoms with Crippen molar-refractivity contribution >= 4 is 11.8 Å². The summed E-state index contributed by atoms with van der Waals surface area (Å²) in [6.07, 6.45) is 7.28. The molecule has 2 saturated carbocycles. The molecule has 2 aliphatic rings. The van der Waals surface area contributed by atoms with Crippen molar-refractivity contribution < 1.29 is 0 Å². The Labute approximate surface area is 127 Å². The third-order valence-electron chi connectivity index (χ3n) is 5.00. The van der Waals surface area contributed by atoms with Gasteiger partial charge in [-0.1, -0.05) is 25.5 Å². The zero-order valence-corrected chi connectivity index (χ0v) is 13.4. The van der Waals surface area contributed by atoms with Crippen molar-refractivity contribution in [3.8, 4) is 0 Å². The highest BCUT2D eigenvalue weighted by Gasteiger charge is 2.39. The van der Waals surface area contributed by atoms with Gasteiger partial charge in [-0.05, 0) is 67.7 Å². The molecule has 20 heavy (non-hydrogen) atoms. The molecule has 2 fully saturated rings. The summed E-state index contributed by atoms with van der Waals surface area (Å²) >= 11 is 2.08. The molecule has 3 unspecified atom stereocenters. The average molecular weight is 289 g/mol. The molecule has 1 N–H and O–H groups in total. The lowest BCUT2D eigenvalue weighted by atomic mass is 9.90. The van der Waals surface area contributed by atoms with E-state index in [9.17, 15) is 0 Å². The molecule has 0 spiro atoms. The molecule has 1 nitrogen and oxygen atoms in total. The molecular formula is C18H27NS. The number of nitrogens with one attached hydrogen (secondary N) is 1. The average Bonchev–Trinajstić information content (AvgIpc) is 3.08. The first kappa shape index (κ1) is 14.5. The Balaban J connectivity index is 1.48. The van der Waals surface area contributed by atoms with Crippen molar-refractivity contribution in [2.24, 2.45) is 17.8 Å². The lowest BCUT2D eigenvalue weighted by molar-refractivity contribution is 0.365. The molecule has 2 aliphatic carbocycles. The van der Waals surface area contributed by atoms with Crippen molar-refractivity contribution in [1.82, 2.24) is 5.32 Å². The molecule has 1 aromatic rings. The second-order valence-electron chi connectivity index (χ2n) is 6.57. The second-order valence-corrected chi connectivity index (χ2v) is 7.66. The number of hydrogen-bond acceptors (Lipinski definition) is 2. The van der Waals surface area contributed by atoms with Gasteiger partial charge in [0.05, 0.1) is 0 Å². The van der Waals surface area contributed by atoms with E-state index in [1.165, 1.54) is 48.3 Å². The van der Waals surface area contributed by atoms with E-state index in [2.05, 4.69) is 48.3 Å². The van der Waals surface area contributed by atoms with E-state index < -0.39 is 0 Å². The molecule has 0 saturated heterocycles. The Bertz CT molecular complexity index is 431. The molecule has 1 aromatic carbocycles. The molecule has 2 bridgehead atoms. The van der Waals surface area contributed by atoms with E-state index in [-0.39, 0.29) is 0 Å². The van der Waals surface area contributed by atoms with Gasteiger partial charge in [0.25, 0.3) is 0 Å². The standard InChI is InChI=1S/C18H27NS/c1-2-8-19-12-15-4-3-5-18(11-15)20-13-17-10-14-6-7-16(17)9-14/h3-5,11,14,16-17,19H,2,6-10,12-13H2,1H3. The Morgan fingerprint density at radius 3 is 2.95 bits per heavy atom. The van der Waals surface area contributed by atoms with Crippen molar-refractivity contribution in [3.63, 3.8) is 0 Å². The molecule has 0 radical (unpaired) electrons. The SMILES string of the molecule is CCCNCc1cccc(SCC2CC3CCC2C3)c1. The van der Waals surface area contributed by atoms with Gasteiger partial charge in [0.1, 0.15) is 0 Å². The zero-order chi connectivity index (χ0) is 13.8. The molecular weight excluding hydrogens is 262 g/mol. The summed E-state index contributed by atoms with van der Waals surface area (Å²) in [6, 6.07) is 9.11. The van der Waals surface area contributed by atoms with Crippen LogP contribution in [0.1, 0.15) is 44.6 Å². The molecule has 2 heteroatoms. The minimum atomic E-state index is 1.00. The summed E-state index contributed by atoms with van der Waals surface area (Å²) in [5, 5.41) is 3.49. The first-order valence-corrected chi connectivity index (χ1v) is 9.26. The molecule has 0 aliphatic heterocycles. The first-order chi connectivity index (χ1) is 9.85. The van der Waals surface area contributed by atoms with Crippen LogP contribution in [0.5, 0.6) is 0 Å². The van der Waals surface area contributed by atoms with Crippen molar-refractivity contribution in [1.29, 1.82) is 0 Å². The highest BCUT2D eigenvalue weighted by atomic mass is 32.2. The summed E-state index contributed by atoms with van der Waals surface area (Å²) < 4.78 is 0. The van der Waals surface area contributed by atoms with E-state index in [0.29, 0.717) is 0 Å². The normalized spacial score (nSPS) is 28.1. The van der Waals surface area contributed by atoms with Crippen LogP contribution in [-0.4, -0.2) is 12.3 Å². The van der Waals surface area contributed by atoms with Crippen LogP contribution in [0.2, 0.25) is 0 Å². The van der Waals surface area contributed by atoms with Crippen LogP contribution in [0.25, 0.3) is 0 Å². The van der Waals surface area contributed by atoms with Crippen LogP contribution < -0.4 is 5.32 Å². The maximum absolute atomic E-state index is 3.49. The summed E-state index contributed by atoms with van der Waals surface area (Å²) in [7, 11) is 0. The molecule has 0 heterocycles. The lowest BCUT2D eigenvalue weighted by Crippen LogP contribution is -2.14. The highest BCUT2D eigenvalue weighted by Crippen LogP contribution is 2.49. The van der Waals surface area contributed by atoms with Crippen LogP contribution in [-0.2, 0) is 6.54 Å². The minimum Gasteiger partial charge on any atom is -0.313 e. The predicted octanol–water partition coefficient (Wildman–Crippen LogP) is 4.71. The predicted molar refractivity (Wildman–Crippen MR) is 88.1 cm³/mol. The molecule has 0 aromatic heterocycles. The van der Waals surface area contributed by atoms with Crippen LogP contribution in [0.3, 0.4) is 0 Å². The molecule has 3 rings (SSSR count). The Hall–Kier alpha value is -0.470. The van der Waals surface area contributed by atoms with Crippen LogP contribution in [0.4, 0.5) is 0 Å². The maximum atomic E-state index is 3.49. The van der Waals surface area contributed by atoms with E-state index in [4.69, 9.17) is 0 Å². The van der Waals surface area contributed by atoms with E-state index in [0.717, 1.165) is 30.8 Å². The summed E-state index contributed by atoms with van der Waals surface area (Å²) in [6.45, 7) is 4.34. The number of thioether (sulfide) groups is 1. The maximum Gasteiger partial charge on any atom is 0.0205 e. The van der Waals surface area contributed by atoms with Crippen LogP contribution >= 0.6 is 11.8 Å². The summed E-state index contributed by atoms with van der Waals surface area (Å²) in [4.78, 5) is 1.46. The van der Waals surface area contributed by atoms with E-state index >= 15 is 0 Å². The fourth-order valence-electron chi connectivity index (χ4n) is 3.94. The number of fused-ring (bicyclic) bond motifs is 2. The quantitative estimate of drug-likeness (QED) is 0.576. The van der Waals surface area contributed by atoms with Gasteiger partial charge in [-0.15, -0.1) is 11.8 Å². The van der Waals surface area contributed by atoms with Gasteiger partial charge < -0.3 is 5.32 Å². The van der Waals surface area contributed by atoms with Crippen molar-refractivity contribution in [3.05, 3.63) is 29.8 Å². The topological polar surface area (TPSA) is 12.0 Å². The molecule has 0 amide bonds. The zero-order valence-electron chi connectivity index (χ0n) is 12.6. The minimum absolute atomic E-state index is 1.00. The van der Waals surface area contributed by atoms with Gasteiger partial charge in [0, 0.05) is 17.2 Å². The molecule has 3 atom stereocenters. The molecule has 110 valence electrons.